The van der Waals surface area contributed by atoms with Crippen molar-refractivity contribution in [2.75, 3.05) is 18.0 Å². The second kappa shape index (κ2) is 6.51. The lowest BCUT2D eigenvalue weighted by Gasteiger charge is -2.34. The molecule has 4 rings (SSSR count). The Bertz CT molecular complexity index is 909. The summed E-state index contributed by atoms with van der Waals surface area (Å²) < 4.78 is 15.6. The van der Waals surface area contributed by atoms with Crippen molar-refractivity contribution in [3.63, 3.8) is 0 Å². The number of piperidine rings is 1. The highest BCUT2D eigenvalue weighted by Gasteiger charge is 2.24. The third kappa shape index (κ3) is 3.05. The molecular formula is C18H18FN5O. The number of hydrogen-bond acceptors (Lipinski definition) is 4. The first-order valence-electron chi connectivity index (χ1n) is 8.31. The van der Waals surface area contributed by atoms with Crippen LogP contribution >= 0.6 is 0 Å². The number of fused-ring (bicyclic) bond motifs is 1. The van der Waals surface area contributed by atoms with E-state index in [4.69, 9.17) is 0 Å². The van der Waals surface area contributed by atoms with E-state index in [0.717, 1.165) is 19.4 Å². The summed E-state index contributed by atoms with van der Waals surface area (Å²) in [5.74, 6) is -0.435. The Morgan fingerprint density at radius 1 is 1.28 bits per heavy atom. The van der Waals surface area contributed by atoms with Crippen molar-refractivity contribution in [3.8, 4) is 0 Å². The van der Waals surface area contributed by atoms with Gasteiger partial charge in [0.05, 0.1) is 11.9 Å². The lowest BCUT2D eigenvalue weighted by atomic mass is 10.0. The number of benzene rings is 1. The molecule has 1 aromatic carbocycles. The van der Waals surface area contributed by atoms with E-state index in [1.54, 1.807) is 35.1 Å². The number of carbonyl (C=O) groups is 1. The quantitative estimate of drug-likeness (QED) is 0.795. The fourth-order valence-electron chi connectivity index (χ4n) is 3.27. The Morgan fingerprint density at radius 2 is 2.16 bits per heavy atom. The first-order chi connectivity index (χ1) is 12.2. The number of nitrogens with zero attached hydrogens (tertiary/aromatic N) is 4. The second-order valence-corrected chi connectivity index (χ2v) is 6.16. The zero-order chi connectivity index (χ0) is 17.2. The Morgan fingerprint density at radius 3 is 3.04 bits per heavy atom. The molecule has 0 bridgehead atoms. The highest BCUT2D eigenvalue weighted by atomic mass is 19.1. The van der Waals surface area contributed by atoms with Crippen LogP contribution in [0.4, 0.5) is 10.1 Å². The van der Waals surface area contributed by atoms with Crippen molar-refractivity contribution in [2.24, 2.45) is 0 Å². The Kier molecular flexibility index (Phi) is 4.05. The molecule has 2 aromatic heterocycles. The highest BCUT2D eigenvalue weighted by Crippen LogP contribution is 2.23. The van der Waals surface area contributed by atoms with Crippen LogP contribution in [0.5, 0.6) is 0 Å². The Balaban J connectivity index is 1.49. The van der Waals surface area contributed by atoms with E-state index in [-0.39, 0.29) is 17.8 Å². The summed E-state index contributed by atoms with van der Waals surface area (Å²) in [6.07, 6.45) is 6.67. The first kappa shape index (κ1) is 15.6. The molecule has 7 heteroatoms. The second-order valence-electron chi connectivity index (χ2n) is 6.16. The smallest absolute Gasteiger partial charge is 0.257 e. The van der Waals surface area contributed by atoms with E-state index in [0.29, 0.717) is 23.4 Å². The van der Waals surface area contributed by atoms with Crippen LogP contribution < -0.4 is 10.2 Å². The summed E-state index contributed by atoms with van der Waals surface area (Å²) in [5.41, 5.74) is 1.56. The van der Waals surface area contributed by atoms with Crippen LogP contribution in [-0.4, -0.2) is 39.6 Å². The van der Waals surface area contributed by atoms with Gasteiger partial charge in [-0.25, -0.2) is 13.9 Å². The van der Waals surface area contributed by atoms with Crippen LogP contribution in [0.1, 0.15) is 23.2 Å². The molecule has 1 saturated heterocycles. The third-order valence-corrected chi connectivity index (χ3v) is 4.47. The van der Waals surface area contributed by atoms with Crippen LogP contribution in [0.25, 0.3) is 5.65 Å². The molecule has 0 spiro atoms. The molecule has 6 nitrogen and oxygen atoms in total. The molecule has 1 aliphatic rings. The zero-order valence-corrected chi connectivity index (χ0v) is 13.6. The van der Waals surface area contributed by atoms with Gasteiger partial charge >= 0.3 is 0 Å². The van der Waals surface area contributed by atoms with Gasteiger partial charge in [-0.15, -0.1) is 0 Å². The summed E-state index contributed by atoms with van der Waals surface area (Å²) in [7, 11) is 0. The van der Waals surface area contributed by atoms with Crippen LogP contribution in [0, 0.1) is 5.82 Å². The molecule has 0 saturated carbocycles. The van der Waals surface area contributed by atoms with Crippen molar-refractivity contribution in [3.05, 3.63) is 60.3 Å². The van der Waals surface area contributed by atoms with Crippen molar-refractivity contribution in [1.82, 2.24) is 19.9 Å². The van der Waals surface area contributed by atoms with Gasteiger partial charge in [-0.05, 0) is 31.0 Å². The van der Waals surface area contributed by atoms with Crippen molar-refractivity contribution in [1.29, 1.82) is 0 Å². The number of carbonyl (C=O) groups excluding carboxylic acids is 1. The summed E-state index contributed by atoms with van der Waals surface area (Å²) >= 11 is 0. The van der Waals surface area contributed by atoms with Crippen molar-refractivity contribution in [2.45, 2.75) is 18.9 Å². The largest absolute Gasteiger partial charge is 0.367 e. The maximum absolute atomic E-state index is 14.0. The molecule has 0 aliphatic carbocycles. The zero-order valence-electron chi connectivity index (χ0n) is 13.6. The van der Waals surface area contributed by atoms with Gasteiger partial charge in [0.25, 0.3) is 5.91 Å². The maximum Gasteiger partial charge on any atom is 0.257 e. The molecule has 1 aliphatic heterocycles. The molecular weight excluding hydrogens is 321 g/mol. The summed E-state index contributed by atoms with van der Waals surface area (Å²) in [6.45, 7) is 1.37. The van der Waals surface area contributed by atoms with E-state index in [2.05, 4.69) is 15.4 Å². The lowest BCUT2D eigenvalue weighted by molar-refractivity contribution is 0.0934. The van der Waals surface area contributed by atoms with Gasteiger partial charge in [0.2, 0.25) is 0 Å². The van der Waals surface area contributed by atoms with Gasteiger partial charge in [-0.1, -0.05) is 12.1 Å². The fraction of sp³-hybridized carbons (Fsp3) is 0.278. The third-order valence-electron chi connectivity index (χ3n) is 4.47. The predicted molar refractivity (Wildman–Crippen MR) is 92.1 cm³/mol. The average molecular weight is 339 g/mol. The average Bonchev–Trinajstić information content (AvgIpc) is 3.06. The Labute approximate surface area is 144 Å². The normalized spacial score (nSPS) is 17.6. The minimum Gasteiger partial charge on any atom is -0.367 e. The molecule has 1 amide bonds. The number of anilines is 1. The molecule has 128 valence electrons. The van der Waals surface area contributed by atoms with Gasteiger partial charge in [-0.3, -0.25) is 4.79 Å². The molecule has 1 unspecified atom stereocenters. The minimum absolute atomic E-state index is 0.0421. The van der Waals surface area contributed by atoms with E-state index in [9.17, 15) is 9.18 Å². The molecule has 0 radical (unpaired) electrons. The fourth-order valence-corrected chi connectivity index (χ4v) is 3.27. The number of amides is 1. The molecule has 3 aromatic rings. The number of para-hydroxylation sites is 1. The standard InChI is InChI=1S/C18H18FN5O/c19-15-6-1-2-7-16(15)23-9-3-5-13(12-23)22-18(25)14-11-21-24-10-4-8-20-17(14)24/h1-2,4,6-8,10-11,13H,3,5,9,12H2,(H,22,25). The molecule has 1 fully saturated rings. The topological polar surface area (TPSA) is 62.5 Å². The van der Waals surface area contributed by atoms with Crippen LogP contribution in [0.2, 0.25) is 0 Å². The first-order valence-corrected chi connectivity index (χ1v) is 8.31. The van der Waals surface area contributed by atoms with Gasteiger partial charge in [0, 0.05) is 31.5 Å². The summed E-state index contributed by atoms with van der Waals surface area (Å²) in [6, 6.07) is 8.46. The van der Waals surface area contributed by atoms with Crippen molar-refractivity contribution >= 4 is 17.2 Å². The number of hydrogen-bond donors (Lipinski definition) is 1. The number of rotatable bonds is 3. The number of aromatic nitrogens is 3. The highest BCUT2D eigenvalue weighted by molar-refractivity contribution is 5.99. The van der Waals surface area contributed by atoms with Gasteiger partial charge in [0.15, 0.2) is 5.65 Å². The van der Waals surface area contributed by atoms with Crippen LogP contribution in [-0.2, 0) is 0 Å². The summed E-state index contributed by atoms with van der Waals surface area (Å²) in [4.78, 5) is 18.8. The van der Waals surface area contributed by atoms with Gasteiger partial charge in [-0.2, -0.15) is 5.10 Å². The van der Waals surface area contributed by atoms with E-state index in [1.807, 2.05) is 11.0 Å². The van der Waals surface area contributed by atoms with Gasteiger partial charge < -0.3 is 10.2 Å². The van der Waals surface area contributed by atoms with Crippen molar-refractivity contribution < 1.29 is 9.18 Å². The van der Waals surface area contributed by atoms with Gasteiger partial charge in [0.1, 0.15) is 11.4 Å². The maximum atomic E-state index is 14.0. The summed E-state index contributed by atoms with van der Waals surface area (Å²) in [5, 5.41) is 7.18. The lowest BCUT2D eigenvalue weighted by Crippen LogP contribution is -2.48. The van der Waals surface area contributed by atoms with Crippen LogP contribution in [0.15, 0.2) is 48.9 Å². The van der Waals surface area contributed by atoms with Crippen LogP contribution in [0.3, 0.4) is 0 Å². The molecule has 3 heterocycles. The van der Waals surface area contributed by atoms with E-state index in [1.165, 1.54) is 12.3 Å². The molecule has 1 N–H and O–H groups in total. The Hall–Kier alpha value is -2.96. The number of nitrogens with one attached hydrogen (secondary N) is 1. The van der Waals surface area contributed by atoms with E-state index >= 15 is 0 Å². The van der Waals surface area contributed by atoms with E-state index < -0.39 is 0 Å². The molecule has 25 heavy (non-hydrogen) atoms. The molecule has 1 atom stereocenters. The monoisotopic (exact) mass is 339 g/mol. The predicted octanol–water partition coefficient (Wildman–Crippen LogP) is 2.27. The SMILES string of the molecule is O=C(NC1CCCN(c2ccccc2F)C1)c1cnn2cccnc12. The minimum atomic E-state index is -0.235. The number of halogens is 1.